The summed E-state index contributed by atoms with van der Waals surface area (Å²) in [6, 6.07) is 7.99. The average Bonchev–Trinajstić information content (AvgIpc) is 3.44. The number of furan rings is 1. The molecule has 0 amide bonds. The second-order valence-corrected chi connectivity index (χ2v) is 8.40. The summed E-state index contributed by atoms with van der Waals surface area (Å²) in [7, 11) is 1.95. The molecule has 17 heteroatoms. The lowest BCUT2D eigenvalue weighted by molar-refractivity contribution is -0.193. The molecule has 0 bridgehead atoms. The Morgan fingerprint density at radius 1 is 1.05 bits per heavy atom. The van der Waals surface area contributed by atoms with Crippen LogP contribution in [0.15, 0.2) is 41.1 Å². The van der Waals surface area contributed by atoms with Crippen molar-refractivity contribution < 1.29 is 55.3 Å². The molecule has 1 aliphatic heterocycles. The summed E-state index contributed by atoms with van der Waals surface area (Å²) in [6.07, 6.45) is -6.59. The molecule has 11 nitrogen and oxygen atoms in total. The second kappa shape index (κ2) is 13.9. The molecule has 0 saturated heterocycles. The van der Waals surface area contributed by atoms with Gasteiger partial charge in [-0.3, -0.25) is 14.6 Å². The largest absolute Gasteiger partial charge is 0.490 e. The van der Waals surface area contributed by atoms with E-state index < -0.39 is 24.3 Å². The Balaban J connectivity index is 0.000000333. The number of aliphatic carboxylic acids is 2. The van der Waals surface area contributed by atoms with Crippen molar-refractivity contribution in [1.29, 1.82) is 0 Å². The standard InChI is InChI=1S/C19H23N5O2.2C2HF3O2/c1-14-3-4-17(26-14)10-24-9-16(19-18(11-24)21-22-23(19)2)13-25-12-15-5-7-20-8-6-15;2*3-2(4,5)1(6)7/h3-8,16H,9-13H2,1-2H3;2*(H,6,7). The summed E-state index contributed by atoms with van der Waals surface area (Å²) in [4.78, 5) is 24.2. The first-order valence-corrected chi connectivity index (χ1v) is 11.3. The molecule has 0 fully saturated rings. The molecule has 3 aromatic heterocycles. The summed E-state index contributed by atoms with van der Waals surface area (Å²) in [5.74, 6) is -3.36. The highest BCUT2D eigenvalue weighted by Gasteiger charge is 2.39. The van der Waals surface area contributed by atoms with Gasteiger partial charge in [0.25, 0.3) is 0 Å². The molecular formula is C23H25F6N5O6. The van der Waals surface area contributed by atoms with E-state index in [1.54, 1.807) is 12.4 Å². The smallest absolute Gasteiger partial charge is 0.475 e. The number of aryl methyl sites for hydroxylation is 2. The van der Waals surface area contributed by atoms with Crippen molar-refractivity contribution in [2.75, 3.05) is 13.2 Å². The van der Waals surface area contributed by atoms with Gasteiger partial charge in [-0.05, 0) is 36.8 Å². The van der Waals surface area contributed by atoms with Crippen molar-refractivity contribution >= 4 is 11.9 Å². The van der Waals surface area contributed by atoms with Crippen molar-refractivity contribution in [2.24, 2.45) is 7.05 Å². The van der Waals surface area contributed by atoms with E-state index in [1.807, 2.05) is 42.9 Å². The van der Waals surface area contributed by atoms with Gasteiger partial charge in [-0.2, -0.15) is 26.3 Å². The minimum atomic E-state index is -5.08. The van der Waals surface area contributed by atoms with Crippen molar-refractivity contribution in [2.45, 2.75) is 44.9 Å². The van der Waals surface area contributed by atoms with Crippen LogP contribution in [0.4, 0.5) is 26.3 Å². The number of alkyl halides is 6. The Morgan fingerprint density at radius 2 is 1.62 bits per heavy atom. The van der Waals surface area contributed by atoms with Crippen LogP contribution in [0.2, 0.25) is 0 Å². The summed E-state index contributed by atoms with van der Waals surface area (Å²) in [5.41, 5.74) is 3.33. The predicted octanol–water partition coefficient (Wildman–Crippen LogP) is 3.69. The third-order valence-corrected chi connectivity index (χ3v) is 5.18. The lowest BCUT2D eigenvalue weighted by Crippen LogP contribution is -2.35. The number of hydrogen-bond acceptors (Lipinski definition) is 8. The first-order valence-electron chi connectivity index (χ1n) is 11.3. The average molecular weight is 581 g/mol. The zero-order chi connectivity index (χ0) is 30.1. The number of halogens is 6. The van der Waals surface area contributed by atoms with E-state index in [0.29, 0.717) is 13.2 Å². The molecule has 4 heterocycles. The number of pyridine rings is 1. The molecule has 1 atom stereocenters. The number of ether oxygens (including phenoxy) is 1. The molecule has 1 unspecified atom stereocenters. The number of rotatable bonds is 6. The van der Waals surface area contributed by atoms with Crippen molar-refractivity contribution in [3.8, 4) is 0 Å². The zero-order valence-corrected chi connectivity index (χ0v) is 21.1. The topological polar surface area (TPSA) is 144 Å². The minimum Gasteiger partial charge on any atom is -0.475 e. The van der Waals surface area contributed by atoms with Gasteiger partial charge in [0, 0.05) is 38.4 Å². The second-order valence-electron chi connectivity index (χ2n) is 8.40. The molecule has 4 rings (SSSR count). The van der Waals surface area contributed by atoms with E-state index in [9.17, 15) is 26.3 Å². The van der Waals surface area contributed by atoms with E-state index in [4.69, 9.17) is 29.0 Å². The molecule has 2 N–H and O–H groups in total. The molecule has 220 valence electrons. The predicted molar refractivity (Wildman–Crippen MR) is 123 cm³/mol. The maximum atomic E-state index is 10.6. The number of aromatic nitrogens is 4. The van der Waals surface area contributed by atoms with Gasteiger partial charge in [0.15, 0.2) is 0 Å². The third kappa shape index (κ3) is 10.3. The molecule has 0 radical (unpaired) electrons. The highest BCUT2D eigenvalue weighted by atomic mass is 19.4. The van der Waals surface area contributed by atoms with Crippen LogP contribution in [0.5, 0.6) is 0 Å². The third-order valence-electron chi connectivity index (χ3n) is 5.18. The van der Waals surface area contributed by atoms with Crippen LogP contribution in [0.25, 0.3) is 0 Å². The summed E-state index contributed by atoms with van der Waals surface area (Å²) in [6.45, 7) is 5.62. The molecule has 1 aliphatic rings. The van der Waals surface area contributed by atoms with Crippen LogP contribution < -0.4 is 0 Å². The summed E-state index contributed by atoms with van der Waals surface area (Å²) >= 11 is 0. The number of fused-ring (bicyclic) bond motifs is 1. The lowest BCUT2D eigenvalue weighted by atomic mass is 9.99. The fourth-order valence-electron chi connectivity index (χ4n) is 3.53. The number of nitrogens with zero attached hydrogens (tertiary/aromatic N) is 5. The number of carboxylic acid groups (broad SMARTS) is 2. The highest BCUT2D eigenvalue weighted by Crippen LogP contribution is 2.28. The van der Waals surface area contributed by atoms with Crippen molar-refractivity contribution in [3.05, 3.63) is 65.1 Å². The molecule has 0 saturated carbocycles. The Hall–Kier alpha value is -3.99. The number of carboxylic acids is 2. The van der Waals surface area contributed by atoms with Crippen LogP contribution >= 0.6 is 0 Å². The van der Waals surface area contributed by atoms with Gasteiger partial charge in [-0.1, -0.05) is 5.21 Å². The first kappa shape index (κ1) is 32.2. The number of carbonyl (C=O) groups is 2. The Labute approximate surface area is 223 Å². The van der Waals surface area contributed by atoms with E-state index in [0.717, 1.165) is 42.4 Å². The molecule has 0 aliphatic carbocycles. The maximum Gasteiger partial charge on any atom is 0.490 e. The fourth-order valence-corrected chi connectivity index (χ4v) is 3.53. The molecule has 0 spiro atoms. The van der Waals surface area contributed by atoms with E-state index in [1.165, 1.54) is 5.69 Å². The zero-order valence-electron chi connectivity index (χ0n) is 21.1. The van der Waals surface area contributed by atoms with Gasteiger partial charge in [-0.15, -0.1) is 5.10 Å². The lowest BCUT2D eigenvalue weighted by Gasteiger charge is -2.31. The Kier molecular flexibility index (Phi) is 11.2. The van der Waals surface area contributed by atoms with E-state index in [2.05, 4.69) is 20.2 Å². The van der Waals surface area contributed by atoms with Gasteiger partial charge >= 0.3 is 24.3 Å². The Morgan fingerprint density at radius 3 is 2.12 bits per heavy atom. The first-order chi connectivity index (χ1) is 18.6. The van der Waals surface area contributed by atoms with Gasteiger partial charge in [0.1, 0.15) is 17.2 Å². The van der Waals surface area contributed by atoms with Crippen LogP contribution in [-0.4, -0.2) is 72.5 Å². The van der Waals surface area contributed by atoms with Gasteiger partial charge in [0.05, 0.1) is 25.5 Å². The SMILES string of the molecule is Cc1ccc(CN2Cc3nnn(C)c3C(COCc3ccncc3)C2)o1.O=C(O)C(F)(F)F.O=C(O)C(F)(F)F. The molecule has 3 aromatic rings. The summed E-state index contributed by atoms with van der Waals surface area (Å²) < 4.78 is 77.1. The van der Waals surface area contributed by atoms with Gasteiger partial charge in [0.2, 0.25) is 0 Å². The Bertz CT molecular complexity index is 1220. The summed E-state index contributed by atoms with van der Waals surface area (Å²) in [5, 5.41) is 22.8. The van der Waals surface area contributed by atoms with Crippen molar-refractivity contribution in [3.63, 3.8) is 0 Å². The normalized spacial score (nSPS) is 15.2. The minimum absolute atomic E-state index is 0.233. The van der Waals surface area contributed by atoms with E-state index >= 15 is 0 Å². The highest BCUT2D eigenvalue weighted by molar-refractivity contribution is 5.73. The van der Waals surface area contributed by atoms with Gasteiger partial charge < -0.3 is 19.4 Å². The maximum absolute atomic E-state index is 10.6. The molecular weight excluding hydrogens is 556 g/mol. The van der Waals surface area contributed by atoms with E-state index in [-0.39, 0.29) is 5.92 Å². The van der Waals surface area contributed by atoms with Crippen LogP contribution in [0.1, 0.15) is 34.4 Å². The quantitative estimate of drug-likeness (QED) is 0.414. The molecule has 0 aromatic carbocycles. The molecule has 40 heavy (non-hydrogen) atoms. The van der Waals surface area contributed by atoms with Crippen molar-refractivity contribution in [1.82, 2.24) is 24.9 Å². The fraction of sp³-hybridized carbons (Fsp3) is 0.435. The van der Waals surface area contributed by atoms with Gasteiger partial charge in [-0.25, -0.2) is 9.59 Å². The van der Waals surface area contributed by atoms with Crippen LogP contribution in [-0.2, 0) is 41.1 Å². The van der Waals surface area contributed by atoms with Crippen LogP contribution in [0, 0.1) is 6.92 Å². The monoisotopic (exact) mass is 581 g/mol. The number of hydrogen-bond donors (Lipinski definition) is 2. The van der Waals surface area contributed by atoms with Crippen LogP contribution in [0.3, 0.4) is 0 Å².